The van der Waals surface area contributed by atoms with E-state index >= 15 is 0 Å². The zero-order chi connectivity index (χ0) is 44.5. The Bertz CT molecular complexity index is 3060. The first-order valence-corrected chi connectivity index (χ1v) is 30.5. The van der Waals surface area contributed by atoms with Gasteiger partial charge in [-0.15, -0.1) is 18.2 Å². The molecule has 0 bridgehead atoms. The minimum atomic E-state index is -1.89. The van der Waals surface area contributed by atoms with Crippen LogP contribution in [0.2, 0.25) is 17.3 Å². The van der Waals surface area contributed by atoms with Gasteiger partial charge < -0.3 is 8.98 Å². The van der Waals surface area contributed by atoms with Gasteiger partial charge in [0, 0.05) is 42.6 Å². The van der Waals surface area contributed by atoms with Gasteiger partial charge in [0.1, 0.15) is 0 Å². The molecular formula is C57H59GeIrN5O-2. The molecule has 5 heterocycles. The molecule has 5 aromatic heterocycles. The Kier molecular flexibility index (Phi) is 14.1. The molecule has 1 aliphatic carbocycles. The summed E-state index contributed by atoms with van der Waals surface area (Å²) in [7, 11) is 0. The molecule has 8 heteroatoms. The number of rotatable bonds is 9. The number of pyridine rings is 3. The molecule has 0 N–H and O–H groups in total. The van der Waals surface area contributed by atoms with Crippen LogP contribution in [-0.4, -0.2) is 37.8 Å². The Hall–Kier alpha value is -5.21. The summed E-state index contributed by atoms with van der Waals surface area (Å²) in [6, 6.07) is 42.6. The molecule has 333 valence electrons. The molecule has 0 spiro atoms. The van der Waals surface area contributed by atoms with E-state index < -0.39 is 13.3 Å². The number of aromatic nitrogens is 5. The van der Waals surface area contributed by atoms with Crippen molar-refractivity contribution in [2.24, 2.45) is 11.8 Å². The molecular weight excluding hydrogens is 1040 g/mol. The fourth-order valence-corrected chi connectivity index (χ4v) is 13.0. The first kappa shape index (κ1) is 46.3. The molecule has 1 aliphatic rings. The Morgan fingerprint density at radius 3 is 2.22 bits per heavy atom. The summed E-state index contributed by atoms with van der Waals surface area (Å²) in [5, 5.41) is 2.01. The molecule has 1 fully saturated rings. The molecule has 0 atom stereocenters. The van der Waals surface area contributed by atoms with Crippen molar-refractivity contribution in [2.45, 2.75) is 96.8 Å². The standard InChI is InChI=1S/C36H31N4O.C21H28GeN.Ir/c1-21(2)16-27-14-15-29-28-12-9-13-30(34(28)41-36(29)38-27)35-39-31-19-24(5)37-20-32(31)40(35)33-22(3)17-26(18-23(33)4)25-10-7-6-8-11-25;1-22(2,3)20-16-23-21(18-12-8-5-9-13-18)15-19(20)14-17-10-6-4-7-11-17;/h6-12,14-15,17-21H,16H2,1-5H3;5,8-9,12,15-17H,4,6-7,10-11,14H2,1-3H3;/q2*-1;. The third kappa shape index (κ3) is 9.99. The number of hydrogen-bond donors (Lipinski definition) is 0. The molecule has 0 saturated heterocycles. The van der Waals surface area contributed by atoms with Crippen LogP contribution in [0.4, 0.5) is 0 Å². The van der Waals surface area contributed by atoms with Gasteiger partial charge in [-0.25, -0.2) is 4.98 Å². The van der Waals surface area contributed by atoms with Crippen molar-refractivity contribution in [3.8, 4) is 39.5 Å². The second-order valence-corrected chi connectivity index (χ2v) is 29.9. The quantitative estimate of drug-likeness (QED) is 0.106. The molecule has 10 rings (SSSR count). The summed E-state index contributed by atoms with van der Waals surface area (Å²) >= 11 is -1.89. The van der Waals surface area contributed by atoms with E-state index in [4.69, 9.17) is 19.4 Å². The molecule has 0 unspecified atom stereocenters. The van der Waals surface area contributed by atoms with Crippen LogP contribution in [0.3, 0.4) is 0 Å². The Morgan fingerprint density at radius 1 is 0.754 bits per heavy atom. The normalized spacial score (nSPS) is 13.3. The van der Waals surface area contributed by atoms with Gasteiger partial charge in [-0.2, -0.15) is 0 Å². The summed E-state index contributed by atoms with van der Waals surface area (Å²) in [5.74, 6) is 9.62. The third-order valence-corrected chi connectivity index (χ3v) is 17.0. The zero-order valence-corrected chi connectivity index (χ0v) is 43.5. The number of nitrogens with zero attached hydrogens (tertiary/aromatic N) is 5. The van der Waals surface area contributed by atoms with Crippen LogP contribution in [0.25, 0.3) is 72.6 Å². The number of imidazole rings is 1. The van der Waals surface area contributed by atoms with Crippen LogP contribution >= 0.6 is 0 Å². The smallest absolute Gasteiger partial charge is 0 e. The maximum absolute atomic E-state index is 6.50. The van der Waals surface area contributed by atoms with E-state index in [1.54, 1.807) is 9.96 Å². The molecule has 9 aromatic rings. The van der Waals surface area contributed by atoms with Crippen LogP contribution in [0, 0.1) is 44.7 Å². The van der Waals surface area contributed by atoms with Crippen molar-refractivity contribution in [1.82, 2.24) is 24.5 Å². The van der Waals surface area contributed by atoms with Gasteiger partial charge in [0.05, 0.1) is 28.6 Å². The summed E-state index contributed by atoms with van der Waals surface area (Å²) in [6.07, 6.45) is 13.4. The average molecular weight is 1090 g/mol. The van der Waals surface area contributed by atoms with Crippen molar-refractivity contribution in [1.29, 1.82) is 0 Å². The predicted molar refractivity (Wildman–Crippen MR) is 268 cm³/mol. The number of hydrogen-bond acceptors (Lipinski definition) is 5. The fraction of sp³-hybridized carbons (Fsp3) is 0.298. The Balaban J connectivity index is 0.000000204. The van der Waals surface area contributed by atoms with E-state index in [1.807, 2.05) is 43.5 Å². The number of furan rings is 1. The van der Waals surface area contributed by atoms with E-state index in [0.29, 0.717) is 11.6 Å². The third-order valence-electron chi connectivity index (χ3n) is 12.7. The van der Waals surface area contributed by atoms with Crippen molar-refractivity contribution in [2.75, 3.05) is 0 Å². The van der Waals surface area contributed by atoms with Crippen LogP contribution in [0.5, 0.6) is 0 Å². The van der Waals surface area contributed by atoms with Gasteiger partial charge in [-0.05, 0) is 85.7 Å². The van der Waals surface area contributed by atoms with Gasteiger partial charge in [0.15, 0.2) is 0 Å². The summed E-state index contributed by atoms with van der Waals surface area (Å²) in [6.45, 7) is 10.7. The second-order valence-electron chi connectivity index (χ2n) is 19.3. The summed E-state index contributed by atoms with van der Waals surface area (Å²) in [4.78, 5) is 19.5. The minimum Gasteiger partial charge on any atom is 0 e. The van der Waals surface area contributed by atoms with Crippen LogP contribution in [0.15, 0.2) is 120 Å². The first-order chi connectivity index (χ1) is 30.9. The van der Waals surface area contributed by atoms with Crippen LogP contribution in [-0.2, 0) is 32.9 Å². The topological polar surface area (TPSA) is 69.6 Å². The monoisotopic (exact) mass is 1100 g/mol. The van der Waals surface area contributed by atoms with E-state index in [9.17, 15) is 0 Å². The maximum atomic E-state index is 6.50. The van der Waals surface area contributed by atoms with Crippen LogP contribution in [0.1, 0.15) is 74.0 Å². The van der Waals surface area contributed by atoms with Crippen LogP contribution < -0.4 is 4.40 Å². The van der Waals surface area contributed by atoms with E-state index in [-0.39, 0.29) is 20.1 Å². The molecule has 0 aliphatic heterocycles. The molecule has 1 saturated carbocycles. The molecule has 0 amide bonds. The van der Waals surface area contributed by atoms with Crippen molar-refractivity contribution in [3.05, 3.63) is 156 Å². The number of benzene rings is 4. The summed E-state index contributed by atoms with van der Waals surface area (Å²) in [5.41, 5.74) is 15.6. The van der Waals surface area contributed by atoms with E-state index in [2.05, 4.69) is 146 Å². The number of aryl methyl sites for hydroxylation is 3. The second kappa shape index (κ2) is 19.7. The largest absolute Gasteiger partial charge is 0 e. The van der Waals surface area contributed by atoms with Gasteiger partial charge in [-0.1, -0.05) is 55.1 Å². The van der Waals surface area contributed by atoms with Gasteiger partial charge in [0.2, 0.25) is 5.71 Å². The summed E-state index contributed by atoms with van der Waals surface area (Å²) < 4.78 is 10.3. The molecule has 4 aromatic carbocycles. The zero-order valence-electron chi connectivity index (χ0n) is 39.1. The molecule has 6 nitrogen and oxygen atoms in total. The van der Waals surface area contributed by atoms with E-state index in [0.717, 1.165) is 90.6 Å². The van der Waals surface area contributed by atoms with Gasteiger partial charge in [0.25, 0.3) is 0 Å². The molecule has 65 heavy (non-hydrogen) atoms. The predicted octanol–water partition coefficient (Wildman–Crippen LogP) is 14.2. The Morgan fingerprint density at radius 2 is 1.51 bits per heavy atom. The number of fused-ring (bicyclic) bond motifs is 4. The van der Waals surface area contributed by atoms with E-state index in [1.165, 1.54) is 49.7 Å². The minimum absolute atomic E-state index is 0. The first-order valence-electron chi connectivity index (χ1n) is 23.1. The van der Waals surface area contributed by atoms with Gasteiger partial charge in [-0.3, -0.25) is 9.97 Å². The van der Waals surface area contributed by atoms with Gasteiger partial charge >= 0.3 is 144 Å². The molecule has 1 radical (unpaired) electrons. The fourth-order valence-electron chi connectivity index (χ4n) is 9.68. The van der Waals surface area contributed by atoms with Crippen molar-refractivity contribution >= 4 is 50.8 Å². The van der Waals surface area contributed by atoms with Crippen molar-refractivity contribution in [3.63, 3.8) is 0 Å². The maximum Gasteiger partial charge on any atom is 0 e. The Labute approximate surface area is 401 Å². The average Bonchev–Trinajstić information content (AvgIpc) is 3.84. The van der Waals surface area contributed by atoms with Crippen molar-refractivity contribution < 1.29 is 24.5 Å². The SMILES string of the molecule is Cc1cc2nc(-c3[c-]ccc4c3oc3nc(CC(C)C)ccc34)n(-c3c(C)cc(-c4ccccc4)cc3C)c2cn1.[CH3][Ge]([CH3])([CH3])[c]1cnc(-c2[c-]cccc2)cc1CC1CCCCC1.[Ir].